The first kappa shape index (κ1) is 14.6. The van der Waals surface area contributed by atoms with Crippen LogP contribution in [-0.4, -0.2) is 59.3 Å². The van der Waals surface area contributed by atoms with E-state index >= 15 is 0 Å². The summed E-state index contributed by atoms with van der Waals surface area (Å²) in [5, 5.41) is 21.8. The number of amides is 1. The fourth-order valence-corrected chi connectivity index (χ4v) is 3.02. The number of nitrogens with one attached hydrogen (secondary N) is 2. The minimum Gasteiger partial charge on any atom is -0.342 e. The average Bonchev–Trinajstić information content (AvgIpc) is 3.36. The second kappa shape index (κ2) is 6.26. The molecule has 9 heteroatoms. The summed E-state index contributed by atoms with van der Waals surface area (Å²) in [6.45, 7) is 1.47. The average molecular weight is 326 g/mol. The van der Waals surface area contributed by atoms with Crippen molar-refractivity contribution >= 4 is 5.91 Å². The first-order valence-electron chi connectivity index (χ1n) is 7.96. The van der Waals surface area contributed by atoms with E-state index in [2.05, 4.69) is 30.7 Å². The quantitative estimate of drug-likeness (QED) is 0.737. The Morgan fingerprint density at radius 1 is 1.29 bits per heavy atom. The number of nitrogens with zero attached hydrogens (tertiary/aromatic N) is 6. The van der Waals surface area contributed by atoms with Crippen molar-refractivity contribution in [2.45, 2.75) is 25.3 Å². The minimum atomic E-state index is 0.135. The van der Waals surface area contributed by atoms with Gasteiger partial charge in [-0.2, -0.15) is 10.2 Å². The lowest BCUT2D eigenvalue weighted by molar-refractivity contribution is -0.131. The van der Waals surface area contributed by atoms with E-state index in [0.717, 1.165) is 42.9 Å². The summed E-state index contributed by atoms with van der Waals surface area (Å²) in [5.74, 6) is 0.135. The van der Waals surface area contributed by atoms with Crippen molar-refractivity contribution < 1.29 is 4.79 Å². The summed E-state index contributed by atoms with van der Waals surface area (Å²) in [6.07, 6.45) is 9.26. The van der Waals surface area contributed by atoms with Crippen LogP contribution in [0.5, 0.6) is 0 Å². The number of H-pyrrole nitrogens is 2. The van der Waals surface area contributed by atoms with Crippen molar-refractivity contribution in [3.05, 3.63) is 36.5 Å². The van der Waals surface area contributed by atoms with Crippen LogP contribution < -0.4 is 0 Å². The van der Waals surface area contributed by atoms with Gasteiger partial charge in [-0.3, -0.25) is 15.0 Å². The van der Waals surface area contributed by atoms with E-state index in [9.17, 15) is 4.79 Å². The molecule has 0 bridgehead atoms. The lowest BCUT2D eigenvalue weighted by atomic mass is 10.0. The van der Waals surface area contributed by atoms with Crippen LogP contribution in [0.3, 0.4) is 0 Å². The number of hydrogen-bond donors (Lipinski definition) is 2. The molecule has 3 aromatic rings. The molecule has 4 rings (SSSR count). The number of aromatic nitrogens is 7. The molecule has 1 aliphatic rings. The predicted octanol–water partition coefficient (Wildman–Crippen LogP) is 0.797. The van der Waals surface area contributed by atoms with Crippen LogP contribution >= 0.6 is 0 Å². The van der Waals surface area contributed by atoms with Crippen LogP contribution in [0.4, 0.5) is 0 Å². The maximum absolute atomic E-state index is 12.3. The Morgan fingerprint density at radius 2 is 2.17 bits per heavy atom. The SMILES string of the molecule is O=C(Cc1ccn[nH]1)N1CCC(n2cc(-c3cn[nH]c3)nn2)CC1. The molecule has 3 aromatic heterocycles. The number of likely N-dealkylation sites (tertiary alicyclic amines) is 1. The number of hydrogen-bond acceptors (Lipinski definition) is 5. The van der Waals surface area contributed by atoms with E-state index in [1.807, 2.05) is 21.8 Å². The Morgan fingerprint density at radius 3 is 2.88 bits per heavy atom. The van der Waals surface area contributed by atoms with Crippen molar-refractivity contribution in [1.29, 1.82) is 0 Å². The van der Waals surface area contributed by atoms with Crippen LogP contribution in [0.15, 0.2) is 30.9 Å². The molecule has 0 unspecified atom stereocenters. The van der Waals surface area contributed by atoms with Crippen molar-refractivity contribution in [2.75, 3.05) is 13.1 Å². The van der Waals surface area contributed by atoms with Gasteiger partial charge in [0.2, 0.25) is 5.91 Å². The fourth-order valence-electron chi connectivity index (χ4n) is 3.02. The fraction of sp³-hybridized carbons (Fsp3) is 0.400. The van der Waals surface area contributed by atoms with Gasteiger partial charge in [-0.1, -0.05) is 5.21 Å². The molecular formula is C15H18N8O. The molecule has 0 aliphatic carbocycles. The van der Waals surface area contributed by atoms with Crippen molar-refractivity contribution in [3.8, 4) is 11.3 Å². The molecule has 4 heterocycles. The zero-order valence-electron chi connectivity index (χ0n) is 13.1. The zero-order valence-corrected chi connectivity index (χ0v) is 13.1. The van der Waals surface area contributed by atoms with Gasteiger partial charge in [0.25, 0.3) is 0 Å². The molecule has 0 aromatic carbocycles. The number of piperidine rings is 1. The second-order valence-corrected chi connectivity index (χ2v) is 5.94. The molecule has 0 radical (unpaired) electrons. The Kier molecular flexibility index (Phi) is 3.81. The van der Waals surface area contributed by atoms with E-state index in [1.165, 1.54) is 0 Å². The lowest BCUT2D eigenvalue weighted by Crippen LogP contribution is -2.40. The first-order chi connectivity index (χ1) is 11.8. The van der Waals surface area contributed by atoms with Crippen LogP contribution in [0.25, 0.3) is 11.3 Å². The predicted molar refractivity (Wildman–Crippen MR) is 84.7 cm³/mol. The monoisotopic (exact) mass is 326 g/mol. The van der Waals surface area contributed by atoms with E-state index in [1.54, 1.807) is 18.6 Å². The molecule has 0 atom stereocenters. The number of carbonyl (C=O) groups is 1. The second-order valence-electron chi connectivity index (χ2n) is 5.94. The normalized spacial score (nSPS) is 15.8. The van der Waals surface area contributed by atoms with Gasteiger partial charge in [0, 0.05) is 36.7 Å². The van der Waals surface area contributed by atoms with E-state index in [-0.39, 0.29) is 11.9 Å². The highest BCUT2D eigenvalue weighted by Gasteiger charge is 2.25. The summed E-state index contributed by atoms with van der Waals surface area (Å²) in [6, 6.07) is 2.10. The molecule has 2 N–H and O–H groups in total. The van der Waals surface area contributed by atoms with Crippen LogP contribution in [0.2, 0.25) is 0 Å². The molecule has 1 aliphatic heterocycles. The van der Waals surface area contributed by atoms with Gasteiger partial charge >= 0.3 is 0 Å². The highest BCUT2D eigenvalue weighted by molar-refractivity contribution is 5.78. The topological polar surface area (TPSA) is 108 Å². The van der Waals surface area contributed by atoms with E-state index < -0.39 is 0 Å². The summed E-state index contributed by atoms with van der Waals surface area (Å²) in [5.41, 5.74) is 2.58. The number of aromatic amines is 2. The van der Waals surface area contributed by atoms with Gasteiger partial charge in [0.05, 0.1) is 24.9 Å². The molecule has 1 fully saturated rings. The van der Waals surface area contributed by atoms with Gasteiger partial charge in [-0.25, -0.2) is 4.68 Å². The third-order valence-electron chi connectivity index (χ3n) is 4.40. The van der Waals surface area contributed by atoms with Crippen LogP contribution in [-0.2, 0) is 11.2 Å². The standard InChI is InChI=1S/C15H18N8O/c24-15(7-12-1-4-16-19-12)22-5-2-13(3-6-22)23-10-14(20-21-23)11-8-17-18-9-11/h1,4,8-10,13H,2-3,5-7H2,(H,16,19)(H,17,18). The molecule has 9 nitrogen and oxygen atoms in total. The van der Waals surface area contributed by atoms with Crippen molar-refractivity contribution in [1.82, 2.24) is 40.3 Å². The molecular weight excluding hydrogens is 308 g/mol. The maximum Gasteiger partial charge on any atom is 0.228 e. The third-order valence-corrected chi connectivity index (χ3v) is 4.40. The molecule has 1 amide bonds. The number of rotatable bonds is 4. The van der Waals surface area contributed by atoms with E-state index in [4.69, 9.17) is 0 Å². The molecule has 124 valence electrons. The van der Waals surface area contributed by atoms with Crippen molar-refractivity contribution in [2.24, 2.45) is 0 Å². The summed E-state index contributed by atoms with van der Waals surface area (Å²) in [7, 11) is 0. The van der Waals surface area contributed by atoms with Gasteiger partial charge < -0.3 is 4.90 Å². The summed E-state index contributed by atoms with van der Waals surface area (Å²) < 4.78 is 1.90. The maximum atomic E-state index is 12.3. The molecule has 0 saturated carbocycles. The Hall–Kier alpha value is -2.97. The van der Waals surface area contributed by atoms with Gasteiger partial charge in [0.1, 0.15) is 5.69 Å². The Bertz CT molecular complexity index is 783. The highest BCUT2D eigenvalue weighted by atomic mass is 16.2. The zero-order chi connectivity index (χ0) is 16.4. The largest absolute Gasteiger partial charge is 0.342 e. The molecule has 0 spiro atoms. The minimum absolute atomic E-state index is 0.135. The van der Waals surface area contributed by atoms with Gasteiger partial charge in [-0.05, 0) is 18.9 Å². The van der Waals surface area contributed by atoms with E-state index in [0.29, 0.717) is 6.42 Å². The Labute approximate surface area is 138 Å². The smallest absolute Gasteiger partial charge is 0.228 e. The van der Waals surface area contributed by atoms with Crippen LogP contribution in [0, 0.1) is 0 Å². The third kappa shape index (κ3) is 2.92. The molecule has 1 saturated heterocycles. The van der Waals surface area contributed by atoms with Gasteiger partial charge in [-0.15, -0.1) is 5.10 Å². The Balaban J connectivity index is 1.35. The van der Waals surface area contributed by atoms with Crippen molar-refractivity contribution in [3.63, 3.8) is 0 Å². The van der Waals surface area contributed by atoms with Gasteiger partial charge in [0.15, 0.2) is 0 Å². The summed E-state index contributed by atoms with van der Waals surface area (Å²) in [4.78, 5) is 14.2. The summed E-state index contributed by atoms with van der Waals surface area (Å²) >= 11 is 0. The number of carbonyl (C=O) groups excluding carboxylic acids is 1. The van der Waals surface area contributed by atoms with Crippen LogP contribution in [0.1, 0.15) is 24.6 Å². The lowest BCUT2D eigenvalue weighted by Gasteiger charge is -2.31. The first-order valence-corrected chi connectivity index (χ1v) is 7.96. The highest BCUT2D eigenvalue weighted by Crippen LogP contribution is 2.24. The molecule has 24 heavy (non-hydrogen) atoms.